The zero-order valence-corrected chi connectivity index (χ0v) is 14.5. The second-order valence-corrected chi connectivity index (χ2v) is 8.48. The number of Topliss-reactive ketones (excluding diaryl/α,β-unsaturated/α-hetero) is 1. The fourth-order valence-corrected chi connectivity index (χ4v) is 6.16. The second-order valence-electron chi connectivity index (χ2n) is 8.48. The minimum Gasteiger partial charge on any atom is -0.389 e. The summed E-state index contributed by atoms with van der Waals surface area (Å²) < 4.78 is 0. The largest absolute Gasteiger partial charge is 0.389 e. The van der Waals surface area contributed by atoms with E-state index in [-0.39, 0.29) is 34.9 Å². The molecule has 5 atom stereocenters. The number of hydrogen-bond donors (Lipinski definition) is 1. The average Bonchev–Trinajstić information content (AvgIpc) is 2.92. The molecule has 2 saturated carbocycles. The molecule has 2 fully saturated rings. The topological polar surface area (TPSA) is 54.4 Å². The van der Waals surface area contributed by atoms with Crippen molar-refractivity contribution >= 4 is 11.6 Å². The Labute approximate surface area is 143 Å². The Morgan fingerprint density at radius 1 is 1.29 bits per heavy atom. The van der Waals surface area contributed by atoms with E-state index in [0.29, 0.717) is 11.8 Å². The summed E-state index contributed by atoms with van der Waals surface area (Å²) in [5.41, 5.74) is 2.59. The predicted octanol–water partition coefficient (Wildman–Crippen LogP) is 3.39. The number of hydrogen-bond acceptors (Lipinski definition) is 3. The summed E-state index contributed by atoms with van der Waals surface area (Å²) >= 11 is 0. The lowest BCUT2D eigenvalue weighted by Crippen LogP contribution is -2.45. The molecule has 4 aliphatic rings. The maximum Gasteiger partial charge on any atom is 0.178 e. The number of carbonyl (C=O) groups is 2. The van der Waals surface area contributed by atoms with E-state index in [4.69, 9.17) is 0 Å². The summed E-state index contributed by atoms with van der Waals surface area (Å²) in [7, 11) is 0. The van der Waals surface area contributed by atoms with Crippen molar-refractivity contribution in [3.63, 3.8) is 0 Å². The SMILES string of the molecule is CC12C=CC(=O)C=C1CCC1C2=CCC2(C)C(C(=O)CO)CCC12. The van der Waals surface area contributed by atoms with Crippen LogP contribution in [0.3, 0.4) is 0 Å². The van der Waals surface area contributed by atoms with Crippen LogP contribution in [0.15, 0.2) is 35.5 Å². The van der Waals surface area contributed by atoms with E-state index in [1.54, 1.807) is 6.08 Å². The Kier molecular flexibility index (Phi) is 3.51. The third-order valence-electron chi connectivity index (χ3n) is 7.49. The minimum atomic E-state index is -0.330. The maximum atomic E-state index is 12.2. The van der Waals surface area contributed by atoms with Crippen LogP contribution in [0.5, 0.6) is 0 Å². The molecular weight excluding hydrogens is 300 g/mol. The lowest BCUT2D eigenvalue weighted by Gasteiger charge is -2.52. The van der Waals surface area contributed by atoms with Crippen molar-refractivity contribution in [2.45, 2.75) is 46.0 Å². The van der Waals surface area contributed by atoms with Crippen LogP contribution in [0.25, 0.3) is 0 Å². The second kappa shape index (κ2) is 5.26. The summed E-state index contributed by atoms with van der Waals surface area (Å²) in [6.45, 7) is 4.17. The van der Waals surface area contributed by atoms with Crippen LogP contribution in [0.4, 0.5) is 0 Å². The number of ketones is 2. The van der Waals surface area contributed by atoms with Crippen LogP contribution >= 0.6 is 0 Å². The molecule has 0 saturated heterocycles. The molecule has 0 aromatic heterocycles. The molecule has 4 rings (SSSR count). The van der Waals surface area contributed by atoms with Crippen molar-refractivity contribution < 1.29 is 14.7 Å². The Hall–Kier alpha value is -1.48. The van der Waals surface area contributed by atoms with Gasteiger partial charge in [0.25, 0.3) is 0 Å². The van der Waals surface area contributed by atoms with Gasteiger partial charge in [-0.2, -0.15) is 0 Å². The van der Waals surface area contributed by atoms with Gasteiger partial charge in [0.2, 0.25) is 0 Å². The lowest BCUT2D eigenvalue weighted by atomic mass is 9.52. The third kappa shape index (κ3) is 2.00. The first-order valence-corrected chi connectivity index (χ1v) is 9.18. The van der Waals surface area contributed by atoms with Crippen molar-refractivity contribution in [2.75, 3.05) is 6.61 Å². The highest BCUT2D eigenvalue weighted by atomic mass is 16.3. The quantitative estimate of drug-likeness (QED) is 0.791. The Balaban J connectivity index is 1.73. The van der Waals surface area contributed by atoms with E-state index in [1.807, 2.05) is 6.08 Å². The van der Waals surface area contributed by atoms with Crippen molar-refractivity contribution in [3.05, 3.63) is 35.5 Å². The van der Waals surface area contributed by atoms with Gasteiger partial charge in [-0.05, 0) is 68.4 Å². The number of aliphatic hydroxyl groups is 1. The fourth-order valence-electron chi connectivity index (χ4n) is 6.16. The predicted molar refractivity (Wildman–Crippen MR) is 92.2 cm³/mol. The summed E-state index contributed by atoms with van der Waals surface area (Å²) in [6, 6.07) is 0. The highest BCUT2D eigenvalue weighted by Crippen LogP contribution is 2.63. The molecule has 0 aromatic carbocycles. The summed E-state index contributed by atoms with van der Waals surface area (Å²) in [5.74, 6) is 1.14. The molecule has 3 nitrogen and oxygen atoms in total. The number of aliphatic hydroxyl groups excluding tert-OH is 1. The van der Waals surface area contributed by atoms with E-state index in [0.717, 1.165) is 32.1 Å². The van der Waals surface area contributed by atoms with Crippen LogP contribution < -0.4 is 0 Å². The number of allylic oxidation sites excluding steroid dienone is 6. The smallest absolute Gasteiger partial charge is 0.178 e. The van der Waals surface area contributed by atoms with Crippen molar-refractivity contribution in [1.29, 1.82) is 0 Å². The molecular formula is C21H26O3. The van der Waals surface area contributed by atoms with Crippen molar-refractivity contribution in [2.24, 2.45) is 28.6 Å². The van der Waals surface area contributed by atoms with Gasteiger partial charge in [0, 0.05) is 11.3 Å². The first kappa shape index (κ1) is 16.0. The van der Waals surface area contributed by atoms with E-state index in [1.165, 1.54) is 11.1 Å². The van der Waals surface area contributed by atoms with Crippen molar-refractivity contribution in [1.82, 2.24) is 0 Å². The van der Waals surface area contributed by atoms with Crippen molar-refractivity contribution in [3.8, 4) is 0 Å². The summed E-state index contributed by atoms with van der Waals surface area (Å²) in [4.78, 5) is 24.0. The molecule has 128 valence electrons. The molecule has 3 heteroatoms. The number of carbonyl (C=O) groups excluding carboxylic acids is 2. The molecule has 0 radical (unpaired) electrons. The summed E-state index contributed by atoms with van der Waals surface area (Å²) in [5, 5.41) is 9.34. The molecule has 0 heterocycles. The van der Waals surface area contributed by atoms with Crippen LogP contribution in [0.1, 0.15) is 46.0 Å². The zero-order valence-electron chi connectivity index (χ0n) is 14.5. The first-order chi connectivity index (χ1) is 11.4. The molecule has 0 amide bonds. The van der Waals surface area contributed by atoms with E-state index < -0.39 is 0 Å². The highest BCUT2D eigenvalue weighted by Gasteiger charge is 2.56. The van der Waals surface area contributed by atoms with Crippen LogP contribution in [0, 0.1) is 28.6 Å². The van der Waals surface area contributed by atoms with Gasteiger partial charge in [0.1, 0.15) is 6.61 Å². The van der Waals surface area contributed by atoms with E-state index in [2.05, 4.69) is 26.0 Å². The van der Waals surface area contributed by atoms with Gasteiger partial charge in [0.05, 0.1) is 0 Å². The standard InChI is InChI=1S/C21H26O3/c1-20-9-7-14(23)11-13(20)3-4-15-16-5-6-18(19(24)12-22)21(16,2)10-8-17(15)20/h7-9,11,15-16,18,22H,3-6,10,12H2,1-2H3. The van der Waals surface area contributed by atoms with Gasteiger partial charge in [-0.25, -0.2) is 0 Å². The highest BCUT2D eigenvalue weighted by molar-refractivity contribution is 6.01. The van der Waals surface area contributed by atoms with Gasteiger partial charge < -0.3 is 5.11 Å². The van der Waals surface area contributed by atoms with Gasteiger partial charge in [-0.3, -0.25) is 9.59 Å². The van der Waals surface area contributed by atoms with Crippen LogP contribution in [-0.4, -0.2) is 23.3 Å². The molecule has 0 bridgehead atoms. The van der Waals surface area contributed by atoms with Gasteiger partial charge in [-0.15, -0.1) is 0 Å². The molecule has 5 unspecified atom stereocenters. The van der Waals surface area contributed by atoms with Gasteiger partial charge in [0.15, 0.2) is 11.6 Å². The zero-order chi connectivity index (χ0) is 17.1. The normalized spacial score (nSPS) is 43.5. The molecule has 24 heavy (non-hydrogen) atoms. The Morgan fingerprint density at radius 3 is 2.83 bits per heavy atom. The van der Waals surface area contributed by atoms with Crippen LogP contribution in [-0.2, 0) is 9.59 Å². The average molecular weight is 326 g/mol. The van der Waals surface area contributed by atoms with E-state index in [9.17, 15) is 14.7 Å². The fraction of sp³-hybridized carbons (Fsp3) is 0.619. The molecule has 4 aliphatic carbocycles. The van der Waals surface area contributed by atoms with E-state index >= 15 is 0 Å². The molecule has 0 spiro atoms. The lowest BCUT2D eigenvalue weighted by molar-refractivity contribution is -0.129. The molecule has 1 N–H and O–H groups in total. The molecule has 0 aliphatic heterocycles. The number of rotatable bonds is 2. The monoisotopic (exact) mass is 326 g/mol. The first-order valence-electron chi connectivity index (χ1n) is 9.18. The Morgan fingerprint density at radius 2 is 2.08 bits per heavy atom. The minimum absolute atomic E-state index is 0.00137. The summed E-state index contributed by atoms with van der Waals surface area (Å²) in [6.07, 6.45) is 12.9. The number of fused-ring (bicyclic) bond motifs is 5. The third-order valence-corrected chi connectivity index (χ3v) is 7.49. The van der Waals surface area contributed by atoms with Crippen LogP contribution in [0.2, 0.25) is 0 Å². The Bertz CT molecular complexity index is 698. The van der Waals surface area contributed by atoms with Gasteiger partial charge >= 0.3 is 0 Å². The maximum absolute atomic E-state index is 12.2. The molecule has 0 aromatic rings. The van der Waals surface area contributed by atoms with Gasteiger partial charge in [-0.1, -0.05) is 30.2 Å².